The van der Waals surface area contributed by atoms with Crippen molar-refractivity contribution in [2.24, 2.45) is 0 Å². The van der Waals surface area contributed by atoms with Gasteiger partial charge in [-0.2, -0.15) is 0 Å². The lowest BCUT2D eigenvalue weighted by molar-refractivity contribution is -0.135. The first-order valence-corrected chi connectivity index (χ1v) is 11.6. The Hall–Kier alpha value is -3.46. The van der Waals surface area contributed by atoms with E-state index in [9.17, 15) is 9.59 Å². The summed E-state index contributed by atoms with van der Waals surface area (Å²) >= 11 is 1.42. The first kappa shape index (κ1) is 22.7. The van der Waals surface area contributed by atoms with Gasteiger partial charge in [-0.25, -0.2) is 9.78 Å². The first-order chi connectivity index (χ1) is 16.0. The minimum atomic E-state index is -0.594. The van der Waals surface area contributed by atoms with E-state index in [4.69, 9.17) is 14.2 Å². The Bertz CT molecular complexity index is 1160. The van der Waals surface area contributed by atoms with Crippen molar-refractivity contribution in [1.29, 1.82) is 0 Å². The van der Waals surface area contributed by atoms with Crippen LogP contribution in [0.15, 0.2) is 53.8 Å². The number of methoxy groups -OCH3 is 2. The van der Waals surface area contributed by atoms with E-state index in [1.807, 2.05) is 48.7 Å². The van der Waals surface area contributed by atoms with Crippen molar-refractivity contribution in [3.63, 3.8) is 0 Å². The summed E-state index contributed by atoms with van der Waals surface area (Å²) in [5, 5.41) is 0.663. The molecule has 0 bridgehead atoms. The highest BCUT2D eigenvalue weighted by molar-refractivity contribution is 7.98. The third-order valence-electron chi connectivity index (χ3n) is 5.53. The molecule has 1 amide bonds. The van der Waals surface area contributed by atoms with Gasteiger partial charge in [-0.15, -0.1) is 0 Å². The van der Waals surface area contributed by atoms with Crippen LogP contribution in [0, 0.1) is 0 Å². The van der Waals surface area contributed by atoms with E-state index < -0.39 is 5.97 Å². The van der Waals surface area contributed by atoms with Crippen molar-refractivity contribution in [2.45, 2.75) is 18.1 Å². The number of amides is 1. The summed E-state index contributed by atoms with van der Waals surface area (Å²) in [6, 6.07) is 13.3. The maximum absolute atomic E-state index is 12.8. The fraction of sp³-hybridized carbons (Fsp3) is 0.292. The Kier molecular flexibility index (Phi) is 6.88. The number of esters is 1. The van der Waals surface area contributed by atoms with Crippen LogP contribution >= 0.6 is 11.8 Å². The number of nitrogens with zero attached hydrogens (tertiary/aromatic N) is 3. The van der Waals surface area contributed by atoms with E-state index in [0.29, 0.717) is 36.2 Å². The number of rotatable bonds is 7. The largest absolute Gasteiger partial charge is 0.493 e. The summed E-state index contributed by atoms with van der Waals surface area (Å²) in [6.45, 7) is 0.623. The summed E-state index contributed by atoms with van der Waals surface area (Å²) in [5.41, 5.74) is 3.18. The number of fused-ring (bicyclic) bond motifs is 1. The van der Waals surface area contributed by atoms with Crippen LogP contribution in [0.1, 0.15) is 21.6 Å². The Morgan fingerprint density at radius 2 is 1.76 bits per heavy atom. The lowest BCUT2D eigenvalue weighted by Crippen LogP contribution is -2.38. The normalized spacial score (nSPS) is 12.8. The second-order valence-electron chi connectivity index (χ2n) is 7.42. The number of aromatic nitrogens is 2. The van der Waals surface area contributed by atoms with Gasteiger partial charge >= 0.3 is 5.97 Å². The molecule has 0 radical (unpaired) electrons. The molecule has 33 heavy (non-hydrogen) atoms. The third kappa shape index (κ3) is 4.68. The molecule has 3 aromatic rings. The number of carbonyl (C=O) groups is 2. The van der Waals surface area contributed by atoms with Crippen LogP contribution in [0.2, 0.25) is 0 Å². The number of imidazole rings is 1. The number of ether oxygens (including phenoxy) is 3. The second kappa shape index (κ2) is 9.99. The molecular formula is C24H25N3O5S. The maximum atomic E-state index is 12.8. The molecular weight excluding hydrogens is 442 g/mol. The highest BCUT2D eigenvalue weighted by Gasteiger charge is 2.25. The van der Waals surface area contributed by atoms with Crippen LogP contribution in [0.25, 0.3) is 5.69 Å². The standard InChI is InChI=1S/C24H25N3O5S/c1-30-20-11-16-9-10-26(14-17(16)12-21(20)31-2)22(28)15-32-23(29)19-13-25-24(33-3)27(19)18-7-5-4-6-8-18/h4-8,11-13H,9-10,14-15H2,1-3H3. The van der Waals surface area contributed by atoms with E-state index in [1.54, 1.807) is 23.7 Å². The molecule has 2 aromatic carbocycles. The third-order valence-corrected chi connectivity index (χ3v) is 6.19. The molecule has 172 valence electrons. The predicted molar refractivity (Wildman–Crippen MR) is 124 cm³/mol. The number of thioether (sulfide) groups is 1. The summed E-state index contributed by atoms with van der Waals surface area (Å²) in [7, 11) is 3.18. The van der Waals surface area contributed by atoms with E-state index in [2.05, 4.69) is 4.98 Å². The van der Waals surface area contributed by atoms with Gasteiger partial charge in [-0.1, -0.05) is 30.0 Å². The molecule has 0 saturated heterocycles. The van der Waals surface area contributed by atoms with Gasteiger partial charge in [0, 0.05) is 18.8 Å². The van der Waals surface area contributed by atoms with Crippen LogP contribution in [0.5, 0.6) is 11.5 Å². The Morgan fingerprint density at radius 3 is 2.42 bits per heavy atom. The van der Waals surface area contributed by atoms with Gasteiger partial charge in [0.15, 0.2) is 29.0 Å². The van der Waals surface area contributed by atoms with Gasteiger partial charge in [0.2, 0.25) is 0 Å². The number of benzene rings is 2. The van der Waals surface area contributed by atoms with Gasteiger partial charge < -0.3 is 19.1 Å². The molecule has 4 rings (SSSR count). The van der Waals surface area contributed by atoms with Crippen LogP contribution in [-0.2, 0) is 22.5 Å². The zero-order chi connectivity index (χ0) is 23.4. The lowest BCUT2D eigenvalue weighted by atomic mass is 9.99. The molecule has 0 N–H and O–H groups in total. The topological polar surface area (TPSA) is 82.9 Å². The molecule has 0 spiro atoms. The van der Waals surface area contributed by atoms with Crippen molar-refractivity contribution >= 4 is 23.6 Å². The molecule has 1 aliphatic rings. The minimum Gasteiger partial charge on any atom is -0.493 e. The van der Waals surface area contributed by atoms with Crippen LogP contribution < -0.4 is 9.47 Å². The number of hydrogen-bond acceptors (Lipinski definition) is 7. The SMILES string of the molecule is COc1cc2c(cc1OC)CN(C(=O)COC(=O)c1cnc(SC)n1-c1ccccc1)CC2. The predicted octanol–water partition coefficient (Wildman–Crippen LogP) is 3.35. The van der Waals surface area contributed by atoms with E-state index in [-0.39, 0.29) is 18.2 Å². The Balaban J connectivity index is 1.44. The van der Waals surface area contributed by atoms with Crippen LogP contribution in [-0.4, -0.2) is 60.0 Å². The van der Waals surface area contributed by atoms with E-state index in [1.165, 1.54) is 18.0 Å². The minimum absolute atomic E-state index is 0.250. The zero-order valence-corrected chi connectivity index (χ0v) is 19.6. The zero-order valence-electron chi connectivity index (χ0n) is 18.7. The van der Waals surface area contributed by atoms with Crippen molar-refractivity contribution in [2.75, 3.05) is 33.6 Å². The molecule has 0 aliphatic carbocycles. The van der Waals surface area contributed by atoms with Crippen molar-refractivity contribution in [3.05, 3.63) is 65.5 Å². The van der Waals surface area contributed by atoms with Crippen LogP contribution in [0.4, 0.5) is 0 Å². The molecule has 0 saturated carbocycles. The van der Waals surface area contributed by atoms with E-state index in [0.717, 1.165) is 16.8 Å². The number of carbonyl (C=O) groups excluding carboxylic acids is 2. The highest BCUT2D eigenvalue weighted by Crippen LogP contribution is 2.33. The lowest BCUT2D eigenvalue weighted by Gasteiger charge is -2.29. The molecule has 9 heteroatoms. The quantitative estimate of drug-likeness (QED) is 0.389. The average Bonchev–Trinajstić information content (AvgIpc) is 3.30. The summed E-state index contributed by atoms with van der Waals surface area (Å²) < 4.78 is 17.9. The van der Waals surface area contributed by atoms with Crippen molar-refractivity contribution < 1.29 is 23.8 Å². The monoisotopic (exact) mass is 467 g/mol. The molecule has 0 fully saturated rings. The highest BCUT2D eigenvalue weighted by atomic mass is 32.2. The molecule has 0 unspecified atom stereocenters. The first-order valence-electron chi connectivity index (χ1n) is 10.4. The van der Waals surface area contributed by atoms with Gasteiger partial charge in [0.05, 0.1) is 20.4 Å². The molecule has 1 aromatic heterocycles. The molecule has 1 aliphatic heterocycles. The Labute approximate surface area is 196 Å². The number of para-hydroxylation sites is 1. The summed E-state index contributed by atoms with van der Waals surface area (Å²) in [4.78, 5) is 31.6. The fourth-order valence-electron chi connectivity index (χ4n) is 3.84. The smallest absolute Gasteiger partial charge is 0.357 e. The average molecular weight is 468 g/mol. The van der Waals surface area contributed by atoms with Crippen LogP contribution in [0.3, 0.4) is 0 Å². The fourth-order valence-corrected chi connectivity index (χ4v) is 4.38. The molecule has 8 nitrogen and oxygen atoms in total. The van der Waals surface area contributed by atoms with Gasteiger partial charge in [0.25, 0.3) is 5.91 Å². The maximum Gasteiger partial charge on any atom is 0.357 e. The summed E-state index contributed by atoms with van der Waals surface area (Å²) in [5.74, 6) is 0.448. The Morgan fingerprint density at radius 1 is 1.06 bits per heavy atom. The van der Waals surface area contributed by atoms with E-state index >= 15 is 0 Å². The number of hydrogen-bond donors (Lipinski definition) is 0. The molecule has 0 atom stereocenters. The van der Waals surface area contributed by atoms with Gasteiger partial charge in [-0.05, 0) is 48.1 Å². The van der Waals surface area contributed by atoms with Crippen molar-refractivity contribution in [3.8, 4) is 17.2 Å². The summed E-state index contributed by atoms with van der Waals surface area (Å²) in [6.07, 6.45) is 4.05. The van der Waals surface area contributed by atoms with Crippen molar-refractivity contribution in [1.82, 2.24) is 14.5 Å². The molecule has 2 heterocycles. The van der Waals surface area contributed by atoms with Gasteiger partial charge in [0.1, 0.15) is 0 Å². The second-order valence-corrected chi connectivity index (χ2v) is 8.19. The van der Waals surface area contributed by atoms with Gasteiger partial charge in [-0.3, -0.25) is 9.36 Å².